The van der Waals surface area contributed by atoms with Gasteiger partial charge in [-0.2, -0.15) is 5.26 Å². The predicted octanol–water partition coefficient (Wildman–Crippen LogP) is 6.72. The van der Waals surface area contributed by atoms with Gasteiger partial charge in [0.1, 0.15) is 29.8 Å². The Balaban J connectivity index is 1.72. The molecule has 1 N–H and O–H groups in total. The van der Waals surface area contributed by atoms with Crippen LogP contribution in [-0.2, 0) is 11.4 Å². The summed E-state index contributed by atoms with van der Waals surface area (Å²) in [5, 5.41) is 14.4. The van der Waals surface area contributed by atoms with Gasteiger partial charge >= 0.3 is 0 Å². The number of ether oxygens (including phenoxy) is 1. The van der Waals surface area contributed by atoms with Gasteiger partial charge in [0.2, 0.25) is 0 Å². The van der Waals surface area contributed by atoms with Crippen molar-refractivity contribution in [1.82, 2.24) is 0 Å². The molecule has 0 heterocycles. The van der Waals surface area contributed by atoms with Gasteiger partial charge in [-0.05, 0) is 60.0 Å². The van der Waals surface area contributed by atoms with Gasteiger partial charge in [0.15, 0.2) is 0 Å². The summed E-state index contributed by atoms with van der Waals surface area (Å²) in [6.07, 6.45) is 1.53. The molecule has 0 bridgehead atoms. The first-order valence-corrected chi connectivity index (χ1v) is 10.8. The smallest absolute Gasteiger partial charge is 0.266 e. The quantitative estimate of drug-likeness (QED) is 0.262. The molecule has 0 aliphatic rings. The molecule has 34 heavy (non-hydrogen) atoms. The standard InChI is InChI=1S/C29H23FN2O2/c1-19-8-7-13-27(20(19)2)32-29(33)23(17-31)16-25-24-11-5-3-9-21(24)14-15-28(25)34-18-22-10-4-6-12-26(22)30/h3-16H,18H2,1-2H3,(H,32,33)/b23-16+. The van der Waals surface area contributed by atoms with E-state index in [2.05, 4.69) is 5.32 Å². The fraction of sp³-hybridized carbons (Fsp3) is 0.103. The third-order valence-electron chi connectivity index (χ3n) is 5.78. The molecule has 168 valence electrons. The van der Waals surface area contributed by atoms with Crippen molar-refractivity contribution in [1.29, 1.82) is 5.26 Å². The van der Waals surface area contributed by atoms with Gasteiger partial charge in [-0.25, -0.2) is 4.39 Å². The number of carbonyl (C=O) groups excluding carboxylic acids is 1. The second kappa shape index (κ2) is 10.0. The maximum absolute atomic E-state index is 14.1. The molecule has 0 spiro atoms. The zero-order chi connectivity index (χ0) is 24.1. The number of carbonyl (C=O) groups is 1. The van der Waals surface area contributed by atoms with Crippen LogP contribution in [0, 0.1) is 31.0 Å². The van der Waals surface area contributed by atoms with Crippen LogP contribution in [0.4, 0.5) is 10.1 Å². The Morgan fingerprint density at radius 1 is 1.00 bits per heavy atom. The molecule has 0 aromatic heterocycles. The Morgan fingerprint density at radius 3 is 2.56 bits per heavy atom. The second-order valence-electron chi connectivity index (χ2n) is 7.95. The van der Waals surface area contributed by atoms with Crippen molar-refractivity contribution in [2.45, 2.75) is 20.5 Å². The maximum atomic E-state index is 14.1. The van der Waals surface area contributed by atoms with Crippen molar-refractivity contribution in [3.63, 3.8) is 0 Å². The van der Waals surface area contributed by atoms with Crippen LogP contribution in [0.25, 0.3) is 16.8 Å². The van der Waals surface area contributed by atoms with Crippen molar-refractivity contribution in [3.8, 4) is 11.8 Å². The molecule has 0 aliphatic heterocycles. The van der Waals surface area contributed by atoms with Gasteiger partial charge in [0, 0.05) is 16.8 Å². The minimum atomic E-state index is -0.510. The van der Waals surface area contributed by atoms with Crippen LogP contribution in [0.2, 0.25) is 0 Å². The van der Waals surface area contributed by atoms with E-state index in [9.17, 15) is 14.4 Å². The van der Waals surface area contributed by atoms with Gasteiger partial charge < -0.3 is 10.1 Å². The van der Waals surface area contributed by atoms with Crippen LogP contribution >= 0.6 is 0 Å². The summed E-state index contributed by atoms with van der Waals surface area (Å²) in [5.74, 6) is -0.413. The molecule has 0 unspecified atom stereocenters. The minimum Gasteiger partial charge on any atom is -0.488 e. The molecule has 0 aliphatic carbocycles. The third-order valence-corrected chi connectivity index (χ3v) is 5.78. The first-order chi connectivity index (χ1) is 16.5. The van der Waals surface area contributed by atoms with E-state index in [4.69, 9.17) is 4.74 Å². The molecule has 0 fully saturated rings. The van der Waals surface area contributed by atoms with Gasteiger partial charge in [-0.1, -0.05) is 60.7 Å². The van der Waals surface area contributed by atoms with Crippen LogP contribution < -0.4 is 10.1 Å². The van der Waals surface area contributed by atoms with E-state index in [1.165, 1.54) is 12.1 Å². The highest BCUT2D eigenvalue weighted by atomic mass is 19.1. The molecule has 5 heteroatoms. The number of hydrogen-bond acceptors (Lipinski definition) is 3. The molecule has 1 amide bonds. The highest BCUT2D eigenvalue weighted by Gasteiger charge is 2.15. The van der Waals surface area contributed by atoms with Crippen molar-refractivity contribution < 1.29 is 13.9 Å². The first-order valence-electron chi connectivity index (χ1n) is 10.8. The number of fused-ring (bicyclic) bond motifs is 1. The number of aryl methyl sites for hydroxylation is 1. The summed E-state index contributed by atoms with van der Waals surface area (Å²) in [4.78, 5) is 13.0. The number of nitrogens with one attached hydrogen (secondary N) is 1. The average molecular weight is 451 g/mol. The van der Waals surface area contributed by atoms with E-state index in [1.54, 1.807) is 30.3 Å². The molecular weight excluding hydrogens is 427 g/mol. The van der Waals surface area contributed by atoms with Crippen LogP contribution in [0.15, 0.2) is 84.4 Å². The number of halogens is 1. The Labute approximate surface area is 197 Å². The molecule has 4 rings (SSSR count). The Bertz CT molecular complexity index is 1450. The number of nitriles is 1. The zero-order valence-corrected chi connectivity index (χ0v) is 18.9. The number of hydrogen-bond donors (Lipinski definition) is 1. The predicted molar refractivity (Wildman–Crippen MR) is 133 cm³/mol. The highest BCUT2D eigenvalue weighted by Crippen LogP contribution is 2.31. The first kappa shape index (κ1) is 22.8. The lowest BCUT2D eigenvalue weighted by molar-refractivity contribution is -0.112. The summed E-state index contributed by atoms with van der Waals surface area (Å²) in [5.41, 5.74) is 3.57. The summed E-state index contributed by atoms with van der Waals surface area (Å²) in [6.45, 7) is 3.89. The topological polar surface area (TPSA) is 62.1 Å². The zero-order valence-electron chi connectivity index (χ0n) is 18.9. The van der Waals surface area contributed by atoms with E-state index in [0.29, 0.717) is 22.6 Å². The number of amides is 1. The van der Waals surface area contributed by atoms with Gasteiger partial charge in [-0.3, -0.25) is 4.79 Å². The Kier molecular flexibility index (Phi) is 6.70. The molecule has 0 saturated heterocycles. The fourth-order valence-electron chi connectivity index (χ4n) is 3.69. The molecule has 0 saturated carbocycles. The average Bonchev–Trinajstić information content (AvgIpc) is 2.85. The van der Waals surface area contributed by atoms with Gasteiger partial charge in [-0.15, -0.1) is 0 Å². The number of nitrogens with zero attached hydrogens (tertiary/aromatic N) is 1. The summed E-state index contributed by atoms with van der Waals surface area (Å²) < 4.78 is 20.1. The van der Waals surface area contributed by atoms with Crippen molar-refractivity contribution in [2.24, 2.45) is 0 Å². The number of anilines is 1. The molecule has 4 aromatic carbocycles. The fourth-order valence-corrected chi connectivity index (χ4v) is 3.69. The lowest BCUT2D eigenvalue weighted by Gasteiger charge is -2.14. The minimum absolute atomic E-state index is 0.0163. The normalized spacial score (nSPS) is 11.2. The van der Waals surface area contributed by atoms with E-state index in [0.717, 1.165) is 21.9 Å². The highest BCUT2D eigenvalue weighted by molar-refractivity contribution is 6.11. The molecule has 0 atom stereocenters. The lowest BCUT2D eigenvalue weighted by Crippen LogP contribution is -2.14. The van der Waals surface area contributed by atoms with Crippen LogP contribution in [0.5, 0.6) is 5.75 Å². The van der Waals surface area contributed by atoms with E-state index in [1.807, 2.05) is 62.4 Å². The molecule has 4 aromatic rings. The SMILES string of the molecule is Cc1cccc(NC(=O)/C(C#N)=C/c2c(OCc3ccccc3F)ccc3ccccc23)c1C. The van der Waals surface area contributed by atoms with Crippen molar-refractivity contribution >= 4 is 28.4 Å². The lowest BCUT2D eigenvalue weighted by atomic mass is 10.0. The Hall–Kier alpha value is -4.43. The van der Waals surface area contributed by atoms with Crippen LogP contribution in [0.1, 0.15) is 22.3 Å². The van der Waals surface area contributed by atoms with Crippen LogP contribution in [-0.4, -0.2) is 5.91 Å². The van der Waals surface area contributed by atoms with Gasteiger partial charge in [0.05, 0.1) is 0 Å². The monoisotopic (exact) mass is 450 g/mol. The van der Waals surface area contributed by atoms with E-state index in [-0.39, 0.29) is 18.0 Å². The van der Waals surface area contributed by atoms with Crippen molar-refractivity contribution in [2.75, 3.05) is 5.32 Å². The largest absolute Gasteiger partial charge is 0.488 e. The number of benzene rings is 4. The maximum Gasteiger partial charge on any atom is 0.266 e. The second-order valence-corrected chi connectivity index (χ2v) is 7.95. The number of rotatable bonds is 6. The van der Waals surface area contributed by atoms with Crippen LogP contribution in [0.3, 0.4) is 0 Å². The summed E-state index contributed by atoms with van der Waals surface area (Å²) in [7, 11) is 0. The van der Waals surface area contributed by atoms with E-state index < -0.39 is 5.91 Å². The molecule has 4 nitrogen and oxygen atoms in total. The van der Waals surface area contributed by atoms with E-state index >= 15 is 0 Å². The van der Waals surface area contributed by atoms with Crippen molar-refractivity contribution in [3.05, 3.63) is 113 Å². The van der Waals surface area contributed by atoms with Gasteiger partial charge in [0.25, 0.3) is 5.91 Å². The summed E-state index contributed by atoms with van der Waals surface area (Å²) in [6, 6.07) is 25.3. The Morgan fingerprint density at radius 2 is 1.76 bits per heavy atom. The molecular formula is C29H23FN2O2. The summed E-state index contributed by atoms with van der Waals surface area (Å²) >= 11 is 0. The molecule has 0 radical (unpaired) electrons. The third kappa shape index (κ3) is 4.82.